The molecule has 0 spiro atoms. The quantitative estimate of drug-likeness (QED) is 0.912. The number of para-hydroxylation sites is 1. The second-order valence-electron chi connectivity index (χ2n) is 5.79. The maximum absolute atomic E-state index is 11.8. The Morgan fingerprint density at radius 3 is 2.62 bits per heavy atom. The molecule has 0 radical (unpaired) electrons. The first kappa shape index (κ1) is 15.4. The molecule has 0 aliphatic heterocycles. The topological polar surface area (TPSA) is 71.1 Å². The van der Waals surface area contributed by atoms with Crippen molar-refractivity contribution in [3.05, 3.63) is 24.3 Å². The van der Waals surface area contributed by atoms with Crippen LogP contribution in [-0.2, 0) is 9.59 Å². The number of benzene rings is 1. The molecular formula is C15H19N3O2S. The minimum absolute atomic E-state index is 0.0599. The molecule has 6 heteroatoms. The van der Waals surface area contributed by atoms with Gasteiger partial charge in [0, 0.05) is 18.4 Å². The monoisotopic (exact) mass is 305 g/mol. The van der Waals surface area contributed by atoms with Crippen molar-refractivity contribution in [1.82, 2.24) is 10.3 Å². The standard InChI is InChI=1S/C15H19N3O2S/c1-15(2,3)13(20)16-9-8-12(19)18-14-17-10-6-4-5-7-11(10)21-14/h4-7H,8-9H2,1-3H3,(H,16,20)(H,17,18,19). The first-order valence-corrected chi connectivity index (χ1v) is 7.61. The summed E-state index contributed by atoms with van der Waals surface area (Å²) >= 11 is 1.44. The fraction of sp³-hybridized carbons (Fsp3) is 0.400. The van der Waals surface area contributed by atoms with E-state index >= 15 is 0 Å². The van der Waals surface area contributed by atoms with E-state index in [2.05, 4.69) is 15.6 Å². The van der Waals surface area contributed by atoms with Crippen LogP contribution in [0, 0.1) is 5.41 Å². The molecule has 0 unspecified atom stereocenters. The molecule has 2 amide bonds. The first-order chi connectivity index (χ1) is 9.86. The number of anilines is 1. The van der Waals surface area contributed by atoms with Gasteiger partial charge in [0.1, 0.15) is 0 Å². The molecule has 21 heavy (non-hydrogen) atoms. The fourth-order valence-corrected chi connectivity index (χ4v) is 2.54. The highest BCUT2D eigenvalue weighted by Gasteiger charge is 2.20. The average molecular weight is 305 g/mol. The molecule has 0 saturated carbocycles. The Morgan fingerprint density at radius 2 is 1.95 bits per heavy atom. The predicted molar refractivity (Wildman–Crippen MR) is 85.3 cm³/mol. The van der Waals surface area contributed by atoms with Gasteiger partial charge in [0.05, 0.1) is 10.2 Å². The van der Waals surface area contributed by atoms with Crippen molar-refractivity contribution in [3.8, 4) is 0 Å². The van der Waals surface area contributed by atoms with E-state index in [1.165, 1.54) is 11.3 Å². The molecule has 0 fully saturated rings. The number of fused-ring (bicyclic) bond motifs is 1. The second kappa shape index (κ2) is 6.22. The highest BCUT2D eigenvalue weighted by atomic mass is 32.1. The lowest BCUT2D eigenvalue weighted by Crippen LogP contribution is -2.36. The Morgan fingerprint density at radius 1 is 1.24 bits per heavy atom. The summed E-state index contributed by atoms with van der Waals surface area (Å²) in [5.41, 5.74) is 0.433. The van der Waals surface area contributed by atoms with E-state index in [9.17, 15) is 9.59 Å². The largest absolute Gasteiger partial charge is 0.355 e. The SMILES string of the molecule is CC(C)(C)C(=O)NCCC(=O)Nc1nc2ccccc2s1. The van der Waals surface area contributed by atoms with Crippen molar-refractivity contribution < 1.29 is 9.59 Å². The summed E-state index contributed by atoms with van der Waals surface area (Å²) < 4.78 is 1.04. The Hall–Kier alpha value is -1.95. The Bertz CT molecular complexity index is 625. The Balaban J connectivity index is 1.83. The summed E-state index contributed by atoms with van der Waals surface area (Å²) in [5, 5.41) is 6.10. The molecule has 0 aliphatic carbocycles. The lowest BCUT2D eigenvalue weighted by molar-refractivity contribution is -0.128. The molecule has 0 atom stereocenters. The predicted octanol–water partition coefficient (Wildman–Crippen LogP) is 2.79. The van der Waals surface area contributed by atoms with E-state index < -0.39 is 5.41 Å². The first-order valence-electron chi connectivity index (χ1n) is 6.80. The van der Waals surface area contributed by atoms with Gasteiger partial charge < -0.3 is 10.6 Å². The Labute approximate surface area is 127 Å². The second-order valence-corrected chi connectivity index (χ2v) is 6.82. The lowest BCUT2D eigenvalue weighted by Gasteiger charge is -2.17. The van der Waals surface area contributed by atoms with Crippen LogP contribution in [0.15, 0.2) is 24.3 Å². The minimum atomic E-state index is -0.441. The highest BCUT2D eigenvalue weighted by molar-refractivity contribution is 7.22. The number of hydrogen-bond acceptors (Lipinski definition) is 4. The van der Waals surface area contributed by atoms with Crippen molar-refractivity contribution >= 4 is 38.5 Å². The molecule has 2 aromatic rings. The van der Waals surface area contributed by atoms with Crippen LogP contribution >= 0.6 is 11.3 Å². The summed E-state index contributed by atoms with van der Waals surface area (Å²) in [4.78, 5) is 27.8. The number of amides is 2. The summed E-state index contributed by atoms with van der Waals surface area (Å²) in [7, 11) is 0. The molecule has 5 nitrogen and oxygen atoms in total. The van der Waals surface area contributed by atoms with Gasteiger partial charge in [0.25, 0.3) is 0 Å². The average Bonchev–Trinajstić information content (AvgIpc) is 2.79. The van der Waals surface area contributed by atoms with E-state index in [0.29, 0.717) is 11.7 Å². The molecule has 1 heterocycles. The van der Waals surface area contributed by atoms with Crippen LogP contribution in [0.3, 0.4) is 0 Å². The van der Waals surface area contributed by atoms with E-state index in [1.54, 1.807) is 0 Å². The van der Waals surface area contributed by atoms with Gasteiger partial charge in [0.2, 0.25) is 11.8 Å². The summed E-state index contributed by atoms with van der Waals surface area (Å²) in [6, 6.07) is 7.72. The van der Waals surface area contributed by atoms with Gasteiger partial charge in [-0.05, 0) is 12.1 Å². The number of rotatable bonds is 4. The van der Waals surface area contributed by atoms with Gasteiger partial charge in [-0.25, -0.2) is 4.98 Å². The molecule has 1 aromatic heterocycles. The van der Waals surface area contributed by atoms with Gasteiger partial charge in [-0.3, -0.25) is 9.59 Å². The van der Waals surface area contributed by atoms with Crippen molar-refractivity contribution in [2.75, 3.05) is 11.9 Å². The number of carbonyl (C=O) groups excluding carboxylic acids is 2. The van der Waals surface area contributed by atoms with Gasteiger partial charge in [-0.1, -0.05) is 44.2 Å². The number of nitrogens with one attached hydrogen (secondary N) is 2. The Kier molecular flexibility index (Phi) is 4.57. The summed E-state index contributed by atoms with van der Waals surface area (Å²) in [6.07, 6.45) is 0.234. The smallest absolute Gasteiger partial charge is 0.227 e. The van der Waals surface area contributed by atoms with Crippen LogP contribution in [-0.4, -0.2) is 23.3 Å². The van der Waals surface area contributed by atoms with Crippen LogP contribution in [0.25, 0.3) is 10.2 Å². The third-order valence-electron chi connectivity index (χ3n) is 2.86. The van der Waals surface area contributed by atoms with Crippen LogP contribution in [0.1, 0.15) is 27.2 Å². The highest BCUT2D eigenvalue weighted by Crippen LogP contribution is 2.25. The molecular weight excluding hydrogens is 286 g/mol. The van der Waals surface area contributed by atoms with Crippen molar-refractivity contribution in [3.63, 3.8) is 0 Å². The van der Waals surface area contributed by atoms with Gasteiger partial charge in [-0.2, -0.15) is 0 Å². The molecule has 1 aromatic carbocycles. The number of hydrogen-bond donors (Lipinski definition) is 2. The zero-order valence-electron chi connectivity index (χ0n) is 12.4. The molecule has 2 rings (SSSR count). The van der Waals surface area contributed by atoms with E-state index in [-0.39, 0.29) is 18.2 Å². The van der Waals surface area contributed by atoms with E-state index in [1.807, 2.05) is 45.0 Å². The molecule has 0 bridgehead atoms. The number of nitrogens with zero attached hydrogens (tertiary/aromatic N) is 1. The number of carbonyl (C=O) groups is 2. The van der Waals surface area contributed by atoms with E-state index in [4.69, 9.17) is 0 Å². The third kappa shape index (κ3) is 4.26. The third-order valence-corrected chi connectivity index (χ3v) is 3.81. The van der Waals surface area contributed by atoms with Crippen molar-refractivity contribution in [2.24, 2.45) is 5.41 Å². The van der Waals surface area contributed by atoms with Crippen LogP contribution in [0.4, 0.5) is 5.13 Å². The minimum Gasteiger partial charge on any atom is -0.355 e. The van der Waals surface area contributed by atoms with Gasteiger partial charge in [-0.15, -0.1) is 0 Å². The maximum atomic E-state index is 11.8. The molecule has 0 aliphatic rings. The van der Waals surface area contributed by atoms with E-state index in [0.717, 1.165) is 10.2 Å². The lowest BCUT2D eigenvalue weighted by atomic mass is 9.96. The molecule has 112 valence electrons. The van der Waals surface area contributed by atoms with Crippen LogP contribution in [0.5, 0.6) is 0 Å². The summed E-state index contributed by atoms with van der Waals surface area (Å²) in [6.45, 7) is 5.84. The maximum Gasteiger partial charge on any atom is 0.227 e. The summed E-state index contributed by atoms with van der Waals surface area (Å²) in [5.74, 6) is -0.210. The van der Waals surface area contributed by atoms with Crippen LogP contribution < -0.4 is 10.6 Å². The number of aromatic nitrogens is 1. The fourth-order valence-electron chi connectivity index (χ4n) is 1.66. The zero-order chi connectivity index (χ0) is 15.5. The number of thiazole rings is 1. The molecule has 0 saturated heterocycles. The van der Waals surface area contributed by atoms with Gasteiger partial charge in [0.15, 0.2) is 5.13 Å². The van der Waals surface area contributed by atoms with Gasteiger partial charge >= 0.3 is 0 Å². The van der Waals surface area contributed by atoms with Crippen molar-refractivity contribution in [1.29, 1.82) is 0 Å². The normalized spacial score (nSPS) is 11.4. The van der Waals surface area contributed by atoms with Crippen LogP contribution in [0.2, 0.25) is 0 Å². The zero-order valence-corrected chi connectivity index (χ0v) is 13.2. The van der Waals surface area contributed by atoms with Crippen molar-refractivity contribution in [2.45, 2.75) is 27.2 Å². The molecule has 2 N–H and O–H groups in total.